The van der Waals surface area contributed by atoms with Crippen molar-refractivity contribution in [3.63, 3.8) is 0 Å². The minimum atomic E-state index is -0.527. The summed E-state index contributed by atoms with van der Waals surface area (Å²) in [7, 11) is 0. The van der Waals surface area contributed by atoms with E-state index in [4.69, 9.17) is 9.47 Å². The Bertz CT molecular complexity index is 1060. The lowest BCUT2D eigenvalue weighted by Gasteiger charge is -2.19. The smallest absolute Gasteiger partial charge is 0.407 e. The van der Waals surface area contributed by atoms with Crippen molar-refractivity contribution in [2.24, 2.45) is 0 Å². The molecule has 0 bridgehead atoms. The first-order valence-corrected chi connectivity index (χ1v) is 11.1. The Kier molecular flexibility index (Phi) is 8.51. The number of nitrogens with one attached hydrogen (secondary N) is 3. The summed E-state index contributed by atoms with van der Waals surface area (Å²) >= 11 is 0. The topological polar surface area (TPSA) is 88.7 Å². The molecule has 0 aliphatic carbocycles. The van der Waals surface area contributed by atoms with Crippen molar-refractivity contribution < 1.29 is 19.1 Å². The van der Waals surface area contributed by atoms with Crippen LogP contribution in [0, 0.1) is 0 Å². The number of para-hydroxylation sites is 1. The van der Waals surface area contributed by atoms with Gasteiger partial charge in [0.25, 0.3) is 0 Å². The Hall–Kier alpha value is -4.00. The van der Waals surface area contributed by atoms with Gasteiger partial charge in [-0.25, -0.2) is 9.59 Å². The molecule has 7 nitrogen and oxygen atoms in total. The summed E-state index contributed by atoms with van der Waals surface area (Å²) in [6.45, 7) is 6.65. The maximum absolute atomic E-state index is 12.1. The Balaban J connectivity index is 1.36. The van der Waals surface area contributed by atoms with Gasteiger partial charge in [-0.2, -0.15) is 0 Å². The predicted molar refractivity (Wildman–Crippen MR) is 132 cm³/mol. The van der Waals surface area contributed by atoms with Gasteiger partial charge in [0.1, 0.15) is 17.1 Å². The van der Waals surface area contributed by atoms with Crippen molar-refractivity contribution in [3.05, 3.63) is 95.6 Å². The number of ether oxygens (including phenoxy) is 2. The molecule has 3 aromatic carbocycles. The summed E-state index contributed by atoms with van der Waals surface area (Å²) in [5.41, 5.74) is 2.34. The van der Waals surface area contributed by atoms with E-state index in [1.54, 1.807) is 0 Å². The fourth-order valence-corrected chi connectivity index (χ4v) is 2.99. The quantitative estimate of drug-likeness (QED) is 0.413. The predicted octanol–water partition coefficient (Wildman–Crippen LogP) is 5.50. The summed E-state index contributed by atoms with van der Waals surface area (Å²) in [5, 5.41) is 8.42. The molecule has 0 atom stereocenters. The molecule has 3 aromatic rings. The van der Waals surface area contributed by atoms with Crippen LogP contribution in [0.4, 0.5) is 9.59 Å². The van der Waals surface area contributed by atoms with E-state index in [0.29, 0.717) is 19.6 Å². The number of carbonyl (C=O) groups excluding carboxylic acids is 2. The Morgan fingerprint density at radius 1 is 0.647 bits per heavy atom. The SMILES string of the molecule is CC(C)(C)OC(=O)NCc1ccc(CNC(=O)NCc2ccc(Oc3ccccc3)cc2)cc1. The lowest BCUT2D eigenvalue weighted by atomic mass is 10.1. The van der Waals surface area contributed by atoms with Crippen molar-refractivity contribution in [2.75, 3.05) is 0 Å². The molecule has 0 radical (unpaired) electrons. The normalized spacial score (nSPS) is 10.8. The van der Waals surface area contributed by atoms with E-state index in [1.165, 1.54) is 0 Å². The maximum atomic E-state index is 12.1. The third-order valence-electron chi connectivity index (χ3n) is 4.67. The van der Waals surface area contributed by atoms with Crippen molar-refractivity contribution in [1.82, 2.24) is 16.0 Å². The fraction of sp³-hybridized carbons (Fsp3) is 0.259. The first-order chi connectivity index (χ1) is 16.3. The second-order valence-electron chi connectivity index (χ2n) is 8.77. The van der Waals surface area contributed by atoms with Crippen LogP contribution < -0.4 is 20.7 Å². The number of carbonyl (C=O) groups is 2. The zero-order valence-corrected chi connectivity index (χ0v) is 19.8. The zero-order valence-electron chi connectivity index (χ0n) is 19.8. The molecule has 178 valence electrons. The second-order valence-corrected chi connectivity index (χ2v) is 8.77. The van der Waals surface area contributed by atoms with Crippen molar-refractivity contribution >= 4 is 12.1 Å². The molecular weight excluding hydrogens is 430 g/mol. The monoisotopic (exact) mass is 461 g/mol. The van der Waals surface area contributed by atoms with Gasteiger partial charge in [0.05, 0.1) is 0 Å². The summed E-state index contributed by atoms with van der Waals surface area (Å²) in [5.74, 6) is 1.52. The van der Waals surface area contributed by atoms with Crippen LogP contribution in [0.15, 0.2) is 78.9 Å². The van der Waals surface area contributed by atoms with Gasteiger partial charge in [-0.15, -0.1) is 0 Å². The second kappa shape index (κ2) is 11.7. The van der Waals surface area contributed by atoms with Crippen molar-refractivity contribution in [3.8, 4) is 11.5 Å². The van der Waals surface area contributed by atoms with Crippen LogP contribution >= 0.6 is 0 Å². The average molecular weight is 462 g/mol. The van der Waals surface area contributed by atoms with E-state index in [9.17, 15) is 9.59 Å². The van der Waals surface area contributed by atoms with Crippen LogP contribution in [0.3, 0.4) is 0 Å². The van der Waals surface area contributed by atoms with Crippen LogP contribution in [-0.2, 0) is 24.4 Å². The number of hydrogen-bond acceptors (Lipinski definition) is 4. The highest BCUT2D eigenvalue weighted by Crippen LogP contribution is 2.21. The van der Waals surface area contributed by atoms with E-state index >= 15 is 0 Å². The molecular formula is C27H31N3O4. The fourth-order valence-electron chi connectivity index (χ4n) is 2.99. The lowest BCUT2D eigenvalue weighted by molar-refractivity contribution is 0.0523. The van der Waals surface area contributed by atoms with E-state index < -0.39 is 11.7 Å². The molecule has 0 saturated carbocycles. The summed E-state index contributed by atoms with van der Waals surface area (Å²) in [6.07, 6.45) is -0.451. The van der Waals surface area contributed by atoms with Gasteiger partial charge in [0.2, 0.25) is 0 Å². The van der Waals surface area contributed by atoms with Crippen LogP contribution in [0.2, 0.25) is 0 Å². The van der Waals surface area contributed by atoms with Gasteiger partial charge in [-0.3, -0.25) is 0 Å². The first-order valence-electron chi connectivity index (χ1n) is 11.1. The third kappa shape index (κ3) is 8.86. The zero-order chi connectivity index (χ0) is 24.4. The number of rotatable bonds is 8. The molecule has 0 heterocycles. The lowest BCUT2D eigenvalue weighted by Crippen LogP contribution is -2.34. The highest BCUT2D eigenvalue weighted by molar-refractivity contribution is 5.73. The van der Waals surface area contributed by atoms with Gasteiger partial charge >= 0.3 is 12.1 Å². The maximum Gasteiger partial charge on any atom is 0.407 e. The standard InChI is InChI=1S/C27H31N3O4/c1-27(2,3)34-26(32)30-19-21-11-9-20(10-12-21)17-28-25(31)29-18-22-13-15-24(16-14-22)33-23-7-5-4-6-8-23/h4-16H,17-19H2,1-3H3,(H,30,32)(H2,28,29,31). The molecule has 0 aliphatic heterocycles. The van der Waals surface area contributed by atoms with Crippen molar-refractivity contribution in [2.45, 2.75) is 46.0 Å². The van der Waals surface area contributed by atoms with Gasteiger partial charge in [0.15, 0.2) is 0 Å². The van der Waals surface area contributed by atoms with Crippen molar-refractivity contribution in [1.29, 1.82) is 0 Å². The van der Waals surface area contributed by atoms with Gasteiger partial charge in [-0.1, -0.05) is 54.6 Å². The number of amides is 3. The molecule has 7 heteroatoms. The van der Waals surface area contributed by atoms with Gasteiger partial charge < -0.3 is 25.4 Å². The first kappa shape index (κ1) is 24.6. The molecule has 0 saturated heterocycles. The molecule has 0 fully saturated rings. The number of alkyl carbamates (subject to hydrolysis) is 1. The largest absolute Gasteiger partial charge is 0.457 e. The molecule has 3 rings (SSSR count). The van der Waals surface area contributed by atoms with Crippen LogP contribution in [0.5, 0.6) is 11.5 Å². The average Bonchev–Trinajstić information content (AvgIpc) is 2.81. The number of hydrogen-bond donors (Lipinski definition) is 3. The minimum Gasteiger partial charge on any atom is -0.457 e. The van der Waals surface area contributed by atoms with Crippen LogP contribution in [0.1, 0.15) is 37.5 Å². The van der Waals surface area contributed by atoms with Crippen LogP contribution in [-0.4, -0.2) is 17.7 Å². The van der Waals surface area contributed by atoms with Gasteiger partial charge in [0, 0.05) is 19.6 Å². The Labute approximate surface area is 200 Å². The van der Waals surface area contributed by atoms with Gasteiger partial charge in [-0.05, 0) is 61.7 Å². The summed E-state index contributed by atoms with van der Waals surface area (Å²) in [6, 6.07) is 24.6. The van der Waals surface area contributed by atoms with Crippen LogP contribution in [0.25, 0.3) is 0 Å². The molecule has 0 aliphatic rings. The molecule has 34 heavy (non-hydrogen) atoms. The molecule has 0 spiro atoms. The van der Waals surface area contributed by atoms with E-state index in [1.807, 2.05) is 99.6 Å². The number of urea groups is 1. The van der Waals surface area contributed by atoms with E-state index in [2.05, 4.69) is 16.0 Å². The minimum absolute atomic E-state index is 0.250. The van der Waals surface area contributed by atoms with E-state index in [-0.39, 0.29) is 6.03 Å². The van der Waals surface area contributed by atoms with E-state index in [0.717, 1.165) is 28.2 Å². The highest BCUT2D eigenvalue weighted by Gasteiger charge is 2.15. The Morgan fingerprint density at radius 2 is 1.09 bits per heavy atom. The molecule has 0 unspecified atom stereocenters. The summed E-state index contributed by atoms with van der Waals surface area (Å²) in [4.78, 5) is 23.9. The Morgan fingerprint density at radius 3 is 1.59 bits per heavy atom. The molecule has 3 amide bonds. The highest BCUT2D eigenvalue weighted by atomic mass is 16.6. The molecule has 3 N–H and O–H groups in total. The number of benzene rings is 3. The molecule has 0 aromatic heterocycles. The summed E-state index contributed by atoms with van der Waals surface area (Å²) < 4.78 is 11.0. The third-order valence-corrected chi connectivity index (χ3v) is 4.67.